The number of thiazole rings is 1. The summed E-state index contributed by atoms with van der Waals surface area (Å²) in [7, 11) is 0. The molecule has 6 nitrogen and oxygen atoms in total. The van der Waals surface area contributed by atoms with E-state index < -0.39 is 11.9 Å². The molecular weight excluding hydrogens is 326 g/mol. The van der Waals surface area contributed by atoms with E-state index in [2.05, 4.69) is 17.2 Å². The van der Waals surface area contributed by atoms with Crippen molar-refractivity contribution in [1.29, 1.82) is 5.26 Å². The van der Waals surface area contributed by atoms with Crippen molar-refractivity contribution in [2.45, 2.75) is 19.8 Å². The van der Waals surface area contributed by atoms with Gasteiger partial charge in [0.05, 0.1) is 12.5 Å². The van der Waals surface area contributed by atoms with Crippen molar-refractivity contribution in [3.63, 3.8) is 0 Å². The van der Waals surface area contributed by atoms with Gasteiger partial charge in [0.2, 0.25) is 0 Å². The first kappa shape index (κ1) is 17.6. The highest BCUT2D eigenvalue weighted by atomic mass is 32.1. The zero-order chi connectivity index (χ0) is 17.4. The molecule has 1 heterocycles. The fourth-order valence-electron chi connectivity index (χ4n) is 1.90. The summed E-state index contributed by atoms with van der Waals surface area (Å²) in [6.07, 6.45) is 1.18. The molecule has 0 spiro atoms. The molecule has 0 radical (unpaired) electrons. The zero-order valence-electron chi connectivity index (χ0n) is 13.2. The zero-order valence-corrected chi connectivity index (χ0v) is 14.1. The van der Waals surface area contributed by atoms with Gasteiger partial charge < -0.3 is 10.1 Å². The lowest BCUT2D eigenvalue weighted by atomic mass is 10.1. The fraction of sp³-hybridized carbons (Fsp3) is 0.294. The van der Waals surface area contributed by atoms with Crippen LogP contribution in [-0.4, -0.2) is 30.0 Å². The summed E-state index contributed by atoms with van der Waals surface area (Å²) in [6.45, 7) is 1.94. The third kappa shape index (κ3) is 4.89. The van der Waals surface area contributed by atoms with Crippen molar-refractivity contribution in [3.05, 3.63) is 40.9 Å². The van der Waals surface area contributed by atoms with Crippen LogP contribution in [0, 0.1) is 11.3 Å². The second-order valence-corrected chi connectivity index (χ2v) is 5.78. The van der Waals surface area contributed by atoms with Crippen LogP contribution in [0.3, 0.4) is 0 Å². The van der Waals surface area contributed by atoms with Crippen molar-refractivity contribution in [1.82, 2.24) is 10.3 Å². The lowest BCUT2D eigenvalue weighted by Crippen LogP contribution is -2.29. The number of carbonyl (C=O) groups is 2. The molecule has 1 aromatic carbocycles. The monoisotopic (exact) mass is 343 g/mol. The third-order valence-corrected chi connectivity index (χ3v) is 4.11. The van der Waals surface area contributed by atoms with Gasteiger partial charge >= 0.3 is 5.97 Å². The van der Waals surface area contributed by atoms with Crippen LogP contribution in [-0.2, 0) is 16.0 Å². The highest BCUT2D eigenvalue weighted by Crippen LogP contribution is 2.24. The predicted molar refractivity (Wildman–Crippen MR) is 90.5 cm³/mol. The van der Waals surface area contributed by atoms with Crippen LogP contribution in [0.1, 0.15) is 29.4 Å². The average molecular weight is 343 g/mol. The molecule has 7 heteroatoms. The van der Waals surface area contributed by atoms with Crippen LogP contribution < -0.4 is 5.32 Å². The molecule has 124 valence electrons. The summed E-state index contributed by atoms with van der Waals surface area (Å²) < 4.78 is 4.92. The van der Waals surface area contributed by atoms with Crippen LogP contribution in [0.2, 0.25) is 0 Å². The van der Waals surface area contributed by atoms with E-state index >= 15 is 0 Å². The molecule has 24 heavy (non-hydrogen) atoms. The highest BCUT2D eigenvalue weighted by Gasteiger charge is 2.14. The Balaban J connectivity index is 1.91. The number of aryl methyl sites for hydroxylation is 1. The number of nitrogens with zero attached hydrogens (tertiary/aromatic N) is 2. The Morgan fingerprint density at radius 1 is 1.33 bits per heavy atom. The Labute approximate surface area is 144 Å². The van der Waals surface area contributed by atoms with Gasteiger partial charge in [0.25, 0.3) is 5.91 Å². The van der Waals surface area contributed by atoms with E-state index in [4.69, 9.17) is 10.00 Å². The lowest BCUT2D eigenvalue weighted by molar-refractivity contribution is -0.124. The second kappa shape index (κ2) is 8.79. The first-order valence-electron chi connectivity index (χ1n) is 7.49. The molecule has 1 N–H and O–H groups in total. The van der Waals surface area contributed by atoms with Crippen molar-refractivity contribution in [2.75, 3.05) is 13.2 Å². The maximum atomic E-state index is 11.9. The number of carbonyl (C=O) groups excluding carboxylic acids is 2. The first-order chi connectivity index (χ1) is 11.6. The summed E-state index contributed by atoms with van der Waals surface area (Å²) in [5.41, 5.74) is 2.35. The number of benzene rings is 1. The van der Waals surface area contributed by atoms with Crippen molar-refractivity contribution >= 4 is 23.2 Å². The molecule has 1 aromatic heterocycles. The summed E-state index contributed by atoms with van der Waals surface area (Å²) in [5.74, 6) is -1.08. The first-order valence-corrected chi connectivity index (χ1v) is 8.37. The van der Waals surface area contributed by atoms with Gasteiger partial charge in [-0.25, -0.2) is 9.78 Å². The molecule has 1 amide bonds. The standard InChI is InChI=1S/C17H17N3O3S/c1-2-12-4-6-13(7-5-12)16-20-14(11-24-16)17(22)23-10-15(21)19-9-3-8-18/h4-7,11H,2-3,9-10H2,1H3,(H,19,21). The molecule has 0 bridgehead atoms. The number of esters is 1. The van der Waals surface area contributed by atoms with Gasteiger partial charge in [0.15, 0.2) is 12.3 Å². The number of aromatic nitrogens is 1. The molecule has 0 aliphatic carbocycles. The summed E-state index contributed by atoms with van der Waals surface area (Å²) in [5, 5.41) is 13.2. The van der Waals surface area contributed by atoms with Gasteiger partial charge in [-0.1, -0.05) is 31.2 Å². The van der Waals surface area contributed by atoms with Crippen LogP contribution in [0.4, 0.5) is 0 Å². The molecule has 2 rings (SSSR count). The van der Waals surface area contributed by atoms with Gasteiger partial charge in [-0.15, -0.1) is 11.3 Å². The van der Waals surface area contributed by atoms with E-state index in [9.17, 15) is 9.59 Å². The van der Waals surface area contributed by atoms with Crippen LogP contribution in [0.5, 0.6) is 0 Å². The molecule has 0 aliphatic heterocycles. The van der Waals surface area contributed by atoms with E-state index in [0.717, 1.165) is 17.0 Å². The van der Waals surface area contributed by atoms with Crippen LogP contribution in [0.25, 0.3) is 10.6 Å². The van der Waals surface area contributed by atoms with Crippen LogP contribution >= 0.6 is 11.3 Å². The molecule has 0 saturated heterocycles. The quantitative estimate of drug-likeness (QED) is 0.616. The molecule has 2 aromatic rings. The largest absolute Gasteiger partial charge is 0.451 e. The van der Waals surface area contributed by atoms with E-state index in [1.165, 1.54) is 16.9 Å². The van der Waals surface area contributed by atoms with Gasteiger partial charge in [-0.2, -0.15) is 5.26 Å². The van der Waals surface area contributed by atoms with E-state index in [1.54, 1.807) is 5.38 Å². The number of nitriles is 1. The molecule has 0 saturated carbocycles. The minimum absolute atomic E-state index is 0.180. The van der Waals surface area contributed by atoms with E-state index in [1.807, 2.05) is 30.3 Å². The minimum Gasteiger partial charge on any atom is -0.451 e. The summed E-state index contributed by atoms with van der Waals surface area (Å²) in [4.78, 5) is 27.6. The minimum atomic E-state index is -0.641. The maximum Gasteiger partial charge on any atom is 0.358 e. The molecule has 0 fully saturated rings. The Morgan fingerprint density at radius 2 is 2.08 bits per heavy atom. The number of hydrogen-bond donors (Lipinski definition) is 1. The van der Waals surface area contributed by atoms with Gasteiger partial charge in [0.1, 0.15) is 5.01 Å². The Hall–Kier alpha value is -2.72. The smallest absolute Gasteiger partial charge is 0.358 e. The topological polar surface area (TPSA) is 92.1 Å². The van der Waals surface area contributed by atoms with Crippen LogP contribution in [0.15, 0.2) is 29.6 Å². The molecule has 0 atom stereocenters. The number of nitrogens with one attached hydrogen (secondary N) is 1. The normalized spacial score (nSPS) is 10.0. The second-order valence-electron chi connectivity index (χ2n) is 4.92. The predicted octanol–water partition coefficient (Wildman–Crippen LogP) is 2.56. The molecule has 0 aliphatic rings. The number of amides is 1. The molecular formula is C17H17N3O3S. The van der Waals surface area contributed by atoms with Gasteiger partial charge in [0, 0.05) is 17.5 Å². The van der Waals surface area contributed by atoms with Gasteiger partial charge in [-0.05, 0) is 12.0 Å². The van der Waals surface area contributed by atoms with Crippen molar-refractivity contribution < 1.29 is 14.3 Å². The lowest BCUT2D eigenvalue weighted by Gasteiger charge is -2.03. The van der Waals surface area contributed by atoms with E-state index in [0.29, 0.717) is 0 Å². The summed E-state index contributed by atoms with van der Waals surface area (Å²) >= 11 is 1.35. The van der Waals surface area contributed by atoms with Gasteiger partial charge in [-0.3, -0.25) is 4.79 Å². The van der Waals surface area contributed by atoms with E-state index in [-0.39, 0.29) is 25.3 Å². The Morgan fingerprint density at radius 3 is 2.75 bits per heavy atom. The Kier molecular flexibility index (Phi) is 6.46. The third-order valence-electron chi connectivity index (χ3n) is 3.22. The summed E-state index contributed by atoms with van der Waals surface area (Å²) in [6, 6.07) is 9.90. The number of rotatable bonds is 7. The van der Waals surface area contributed by atoms with Crippen molar-refractivity contribution in [2.24, 2.45) is 0 Å². The average Bonchev–Trinajstić information content (AvgIpc) is 3.10. The Bertz CT molecular complexity index is 747. The number of hydrogen-bond acceptors (Lipinski definition) is 6. The maximum absolute atomic E-state index is 11.9. The number of ether oxygens (including phenoxy) is 1. The fourth-order valence-corrected chi connectivity index (χ4v) is 2.69. The SMILES string of the molecule is CCc1ccc(-c2nc(C(=O)OCC(=O)NCCC#N)cs2)cc1. The molecule has 0 unspecified atom stereocenters. The van der Waals surface area contributed by atoms with Crippen molar-refractivity contribution in [3.8, 4) is 16.6 Å². The highest BCUT2D eigenvalue weighted by molar-refractivity contribution is 7.13.